The molecule has 5 saturated carbocycles. The summed E-state index contributed by atoms with van der Waals surface area (Å²) < 4.78 is 14.1. The summed E-state index contributed by atoms with van der Waals surface area (Å²) in [7, 11) is 1.83. The van der Waals surface area contributed by atoms with E-state index in [1.807, 2.05) is 25.8 Å². The van der Waals surface area contributed by atoms with E-state index in [9.17, 15) is 0 Å². The number of aryl methyl sites for hydroxylation is 1. The van der Waals surface area contributed by atoms with Crippen molar-refractivity contribution in [3.8, 4) is 5.75 Å². The molecule has 1 aromatic carbocycles. The third kappa shape index (κ3) is 4.90. The number of rotatable bonds is 10. The lowest BCUT2D eigenvalue weighted by atomic mass is 9.53. The van der Waals surface area contributed by atoms with Crippen molar-refractivity contribution in [2.45, 2.75) is 88.6 Å². The van der Waals surface area contributed by atoms with Gasteiger partial charge < -0.3 is 14.0 Å². The maximum atomic E-state index is 6.28. The minimum absolute atomic E-state index is 0.175. The molecule has 7 rings (SSSR count). The minimum atomic E-state index is -0.501. The summed E-state index contributed by atoms with van der Waals surface area (Å²) in [5.41, 5.74) is 1.41. The van der Waals surface area contributed by atoms with Crippen LogP contribution in [0.4, 0.5) is 0 Å². The molecule has 0 amide bonds. The molecular weight excluding hydrogens is 440 g/mol. The Bertz CT molecular complexity index is 908. The van der Waals surface area contributed by atoms with Gasteiger partial charge in [-0.3, -0.25) is 0 Å². The quantitative estimate of drug-likeness (QED) is 0.177. The Morgan fingerprint density at radius 2 is 1.66 bits per heavy atom. The summed E-state index contributed by atoms with van der Waals surface area (Å²) in [6, 6.07) is 8.71. The highest BCUT2D eigenvalue weighted by molar-refractivity contribution is 5.29. The van der Waals surface area contributed by atoms with Crippen LogP contribution in [-0.4, -0.2) is 35.2 Å². The second kappa shape index (κ2) is 10.2. The van der Waals surface area contributed by atoms with E-state index in [2.05, 4.69) is 33.8 Å². The van der Waals surface area contributed by atoms with Gasteiger partial charge in [0.15, 0.2) is 0 Å². The Kier molecular flexibility index (Phi) is 6.87. The number of aromatic nitrogens is 2. The van der Waals surface area contributed by atoms with Crippen LogP contribution in [-0.2, 0) is 21.1 Å². The molecule has 0 atom stereocenters. The molecule has 5 aliphatic carbocycles. The average Bonchev–Trinajstić information content (AvgIpc) is 3.41. The molecule has 0 N–H and O–H groups in total. The second-order valence-electron chi connectivity index (χ2n) is 11.5. The second-order valence-corrected chi connectivity index (χ2v) is 11.5. The maximum Gasteiger partial charge on any atom is 0.207 e. The normalized spacial score (nSPS) is 35.9. The largest absolute Gasteiger partial charge is 0.494 e. The number of hydrogen-bond acceptors (Lipinski definition) is 5. The van der Waals surface area contributed by atoms with Gasteiger partial charge >= 0.3 is 0 Å². The maximum absolute atomic E-state index is 6.28. The number of benzene rings is 1. The minimum Gasteiger partial charge on any atom is -0.494 e. The van der Waals surface area contributed by atoms with Gasteiger partial charge in [0.25, 0.3) is 0 Å². The summed E-state index contributed by atoms with van der Waals surface area (Å²) in [4.78, 5) is 16.5. The highest BCUT2D eigenvalue weighted by atomic mass is 17.2. The van der Waals surface area contributed by atoms with Gasteiger partial charge in [-0.1, -0.05) is 12.1 Å². The number of nitrogens with zero attached hydrogens (tertiary/aromatic N) is 2. The lowest BCUT2D eigenvalue weighted by Crippen LogP contribution is -2.60. The fourth-order valence-electron chi connectivity index (χ4n) is 7.67. The zero-order valence-corrected chi connectivity index (χ0v) is 21.0. The predicted molar refractivity (Wildman–Crippen MR) is 133 cm³/mol. The molecular formula is C29H40N2O4. The standard InChI is InChI=1S/C29H40N2O4/c1-32-29(25-16-21-15-22(18-25)19-26(29)17-21)35-34-28-9-5-24(6-10-28)23-3-7-27(8-4-23)33-14-2-12-31-13-11-30-20-31/h3-4,7-8,11,13,20-22,24-26,28H,2,5-6,9-10,12,14-19H2,1H3/t21?,22?,24-,25?,26?,28+,29?. The van der Waals surface area contributed by atoms with Gasteiger partial charge in [0.05, 0.1) is 19.0 Å². The molecule has 1 aromatic heterocycles. The van der Waals surface area contributed by atoms with Crippen LogP contribution in [0.1, 0.15) is 75.7 Å². The Balaban J connectivity index is 0.950. The van der Waals surface area contributed by atoms with Crippen LogP contribution in [0.15, 0.2) is 43.0 Å². The molecule has 4 bridgehead atoms. The van der Waals surface area contributed by atoms with Gasteiger partial charge in [0.1, 0.15) is 5.75 Å². The summed E-state index contributed by atoms with van der Waals surface area (Å²) in [5.74, 6) is 3.82. The first kappa shape index (κ1) is 23.5. The van der Waals surface area contributed by atoms with E-state index in [-0.39, 0.29) is 6.10 Å². The van der Waals surface area contributed by atoms with Gasteiger partial charge in [0, 0.05) is 37.9 Å². The monoisotopic (exact) mass is 480 g/mol. The molecule has 0 unspecified atom stereocenters. The highest BCUT2D eigenvalue weighted by Crippen LogP contribution is 2.60. The van der Waals surface area contributed by atoms with Gasteiger partial charge in [-0.25, -0.2) is 14.8 Å². The molecule has 0 radical (unpaired) electrons. The Hall–Kier alpha value is -1.89. The molecule has 0 spiro atoms. The number of methoxy groups -OCH3 is 1. The smallest absolute Gasteiger partial charge is 0.207 e. The van der Waals surface area contributed by atoms with E-state index in [1.165, 1.54) is 37.7 Å². The number of ether oxygens (including phenoxy) is 2. The average molecular weight is 481 g/mol. The zero-order chi connectivity index (χ0) is 23.7. The summed E-state index contributed by atoms with van der Waals surface area (Å²) in [6.07, 6.45) is 17.6. The molecule has 6 heteroatoms. The van der Waals surface area contributed by atoms with Crippen LogP contribution in [0.2, 0.25) is 0 Å². The van der Waals surface area contributed by atoms with E-state index < -0.39 is 5.79 Å². The Morgan fingerprint density at radius 1 is 0.943 bits per heavy atom. The molecule has 5 aliphatic rings. The van der Waals surface area contributed by atoms with Gasteiger partial charge in [0.2, 0.25) is 5.79 Å². The van der Waals surface area contributed by atoms with Crippen LogP contribution in [0.3, 0.4) is 0 Å². The lowest BCUT2D eigenvalue weighted by Gasteiger charge is -2.58. The van der Waals surface area contributed by atoms with Gasteiger partial charge in [-0.2, -0.15) is 0 Å². The van der Waals surface area contributed by atoms with E-state index in [0.29, 0.717) is 24.4 Å². The van der Waals surface area contributed by atoms with Crippen molar-refractivity contribution in [2.75, 3.05) is 13.7 Å². The zero-order valence-electron chi connectivity index (χ0n) is 21.0. The third-order valence-corrected chi connectivity index (χ3v) is 9.32. The lowest BCUT2D eigenvalue weighted by molar-refractivity contribution is -0.485. The first-order chi connectivity index (χ1) is 17.2. The third-order valence-electron chi connectivity index (χ3n) is 9.32. The van der Waals surface area contributed by atoms with Crippen LogP contribution in [0, 0.1) is 23.7 Å². The van der Waals surface area contributed by atoms with Crippen molar-refractivity contribution in [1.29, 1.82) is 0 Å². The molecule has 1 heterocycles. The SMILES string of the molecule is COC1(OO[C@H]2CC[C@@H](c3ccc(OCCCn4ccnc4)cc3)CC2)C2CC3CC(C2)CC1C3. The van der Waals surface area contributed by atoms with E-state index >= 15 is 0 Å². The highest BCUT2D eigenvalue weighted by Gasteiger charge is 2.60. The van der Waals surface area contributed by atoms with E-state index in [1.54, 1.807) is 0 Å². The Morgan fingerprint density at radius 3 is 2.29 bits per heavy atom. The summed E-state index contributed by atoms with van der Waals surface area (Å²) >= 11 is 0. The van der Waals surface area contributed by atoms with Crippen molar-refractivity contribution < 1.29 is 19.2 Å². The van der Waals surface area contributed by atoms with Crippen LogP contribution < -0.4 is 4.74 Å². The van der Waals surface area contributed by atoms with Crippen molar-refractivity contribution in [1.82, 2.24) is 9.55 Å². The topological polar surface area (TPSA) is 54.7 Å². The molecule has 35 heavy (non-hydrogen) atoms. The molecule has 5 fully saturated rings. The first-order valence-electron chi connectivity index (χ1n) is 13.8. The van der Waals surface area contributed by atoms with Crippen LogP contribution >= 0.6 is 0 Å². The summed E-state index contributed by atoms with van der Waals surface area (Å²) in [5, 5.41) is 0. The van der Waals surface area contributed by atoms with Crippen LogP contribution in [0.5, 0.6) is 5.75 Å². The summed E-state index contributed by atoms with van der Waals surface area (Å²) in [6.45, 7) is 1.65. The van der Waals surface area contributed by atoms with Crippen LogP contribution in [0.25, 0.3) is 0 Å². The fourth-order valence-corrected chi connectivity index (χ4v) is 7.67. The van der Waals surface area contributed by atoms with E-state index in [0.717, 1.165) is 56.2 Å². The fraction of sp³-hybridized carbons (Fsp3) is 0.690. The van der Waals surface area contributed by atoms with Crippen molar-refractivity contribution in [3.63, 3.8) is 0 Å². The van der Waals surface area contributed by atoms with E-state index in [4.69, 9.17) is 19.2 Å². The van der Waals surface area contributed by atoms with Crippen molar-refractivity contribution in [3.05, 3.63) is 48.5 Å². The molecule has 0 saturated heterocycles. The molecule has 6 nitrogen and oxygen atoms in total. The van der Waals surface area contributed by atoms with Gasteiger partial charge in [-0.05, 0) is 99.7 Å². The van der Waals surface area contributed by atoms with Crippen molar-refractivity contribution >= 4 is 0 Å². The van der Waals surface area contributed by atoms with Gasteiger partial charge in [-0.15, -0.1) is 0 Å². The van der Waals surface area contributed by atoms with Crippen molar-refractivity contribution in [2.24, 2.45) is 23.7 Å². The molecule has 0 aliphatic heterocycles. The molecule has 190 valence electrons. The Labute approximate surface area is 209 Å². The number of imidazole rings is 1. The number of hydrogen-bond donors (Lipinski definition) is 0. The first-order valence-corrected chi connectivity index (χ1v) is 13.8. The molecule has 2 aromatic rings. The predicted octanol–water partition coefficient (Wildman–Crippen LogP) is 6.13.